The van der Waals surface area contributed by atoms with Crippen LogP contribution in [-0.2, 0) is 0 Å². The highest BCUT2D eigenvalue weighted by atomic mass is 19.1. The topological polar surface area (TPSA) is 44.4 Å². The van der Waals surface area contributed by atoms with Gasteiger partial charge in [-0.1, -0.05) is 6.07 Å². The molecule has 20 heavy (non-hydrogen) atoms. The number of piperazine rings is 1. The molecule has 1 aromatic carbocycles. The maximum absolute atomic E-state index is 13.4. The zero-order chi connectivity index (χ0) is 14.4. The van der Waals surface area contributed by atoms with E-state index in [1.165, 1.54) is 6.07 Å². The molecule has 1 aliphatic rings. The summed E-state index contributed by atoms with van der Waals surface area (Å²) < 4.78 is 26.8. The third-order valence-electron chi connectivity index (χ3n) is 3.34. The van der Waals surface area contributed by atoms with Crippen molar-refractivity contribution in [1.29, 1.82) is 0 Å². The van der Waals surface area contributed by atoms with Crippen molar-refractivity contribution >= 4 is 5.91 Å². The average Bonchev–Trinajstić information content (AvgIpc) is 2.44. The van der Waals surface area contributed by atoms with E-state index in [9.17, 15) is 13.6 Å². The molecular weight excluding hydrogens is 264 g/mol. The Bertz CT molecular complexity index is 441. The second-order valence-electron chi connectivity index (χ2n) is 4.80. The molecule has 2 N–H and O–H groups in total. The molecular formula is C14H19F2N3O. The molecule has 0 aromatic heterocycles. The SMILES string of the molecule is O=C(NCCCN1CCNCC1)c1c(F)cccc1F. The summed E-state index contributed by atoms with van der Waals surface area (Å²) in [4.78, 5) is 14.0. The van der Waals surface area contributed by atoms with E-state index in [0.717, 1.165) is 51.3 Å². The standard InChI is InChI=1S/C14H19F2N3O/c15-11-3-1-4-12(16)13(11)14(20)18-5-2-8-19-9-6-17-7-10-19/h1,3-4,17H,2,5-10H2,(H,18,20). The Balaban J connectivity index is 1.75. The van der Waals surface area contributed by atoms with Crippen molar-refractivity contribution in [2.75, 3.05) is 39.3 Å². The van der Waals surface area contributed by atoms with Gasteiger partial charge in [0, 0.05) is 32.7 Å². The van der Waals surface area contributed by atoms with E-state index in [1.54, 1.807) is 0 Å². The zero-order valence-corrected chi connectivity index (χ0v) is 11.3. The van der Waals surface area contributed by atoms with E-state index in [4.69, 9.17) is 0 Å². The van der Waals surface area contributed by atoms with Gasteiger partial charge in [-0.2, -0.15) is 0 Å². The first-order chi connectivity index (χ1) is 9.68. The van der Waals surface area contributed by atoms with Crippen molar-refractivity contribution in [3.63, 3.8) is 0 Å². The highest BCUT2D eigenvalue weighted by molar-refractivity contribution is 5.94. The van der Waals surface area contributed by atoms with Crippen LogP contribution in [0.15, 0.2) is 18.2 Å². The van der Waals surface area contributed by atoms with Gasteiger partial charge in [0.25, 0.3) is 5.91 Å². The molecule has 0 radical (unpaired) electrons. The maximum Gasteiger partial charge on any atom is 0.257 e. The van der Waals surface area contributed by atoms with Crippen molar-refractivity contribution in [2.24, 2.45) is 0 Å². The Kier molecular flexibility index (Phi) is 5.43. The van der Waals surface area contributed by atoms with E-state index in [2.05, 4.69) is 15.5 Å². The lowest BCUT2D eigenvalue weighted by molar-refractivity contribution is 0.0943. The fourth-order valence-corrected chi connectivity index (χ4v) is 2.24. The third-order valence-corrected chi connectivity index (χ3v) is 3.34. The summed E-state index contributed by atoms with van der Waals surface area (Å²) in [7, 11) is 0. The number of hydrogen-bond donors (Lipinski definition) is 2. The molecule has 2 rings (SSSR count). The highest BCUT2D eigenvalue weighted by Gasteiger charge is 2.16. The molecule has 0 atom stereocenters. The van der Waals surface area contributed by atoms with Crippen LogP contribution in [0.3, 0.4) is 0 Å². The summed E-state index contributed by atoms with van der Waals surface area (Å²) in [6.45, 7) is 5.24. The van der Waals surface area contributed by atoms with Crippen molar-refractivity contribution in [2.45, 2.75) is 6.42 Å². The molecule has 4 nitrogen and oxygen atoms in total. The number of carbonyl (C=O) groups is 1. The molecule has 1 fully saturated rings. The lowest BCUT2D eigenvalue weighted by Crippen LogP contribution is -2.44. The number of benzene rings is 1. The van der Waals surface area contributed by atoms with Crippen LogP contribution in [0.1, 0.15) is 16.8 Å². The fraction of sp³-hybridized carbons (Fsp3) is 0.500. The second kappa shape index (κ2) is 7.31. The highest BCUT2D eigenvalue weighted by Crippen LogP contribution is 2.11. The molecule has 6 heteroatoms. The molecule has 1 heterocycles. The molecule has 110 valence electrons. The zero-order valence-electron chi connectivity index (χ0n) is 11.3. The van der Waals surface area contributed by atoms with Gasteiger partial charge in [-0.15, -0.1) is 0 Å². The number of nitrogens with one attached hydrogen (secondary N) is 2. The molecule has 0 spiro atoms. The predicted molar refractivity (Wildman–Crippen MR) is 72.6 cm³/mol. The van der Waals surface area contributed by atoms with E-state index >= 15 is 0 Å². The largest absolute Gasteiger partial charge is 0.352 e. The monoisotopic (exact) mass is 283 g/mol. The number of amides is 1. The van der Waals surface area contributed by atoms with Gasteiger partial charge in [-0.25, -0.2) is 8.78 Å². The summed E-state index contributed by atoms with van der Waals surface area (Å²) in [5, 5.41) is 5.82. The molecule has 0 saturated carbocycles. The van der Waals surface area contributed by atoms with E-state index < -0.39 is 23.1 Å². The average molecular weight is 283 g/mol. The predicted octanol–water partition coefficient (Wildman–Crippen LogP) is 0.990. The molecule has 0 bridgehead atoms. The normalized spacial score (nSPS) is 16.1. The van der Waals surface area contributed by atoms with Crippen molar-refractivity contribution < 1.29 is 13.6 Å². The van der Waals surface area contributed by atoms with Gasteiger partial charge in [0.2, 0.25) is 0 Å². The Labute approximate surface area is 117 Å². The molecule has 1 saturated heterocycles. The van der Waals surface area contributed by atoms with Gasteiger partial charge in [-0.05, 0) is 25.1 Å². The van der Waals surface area contributed by atoms with Gasteiger partial charge in [-0.3, -0.25) is 4.79 Å². The van der Waals surface area contributed by atoms with Crippen LogP contribution in [0.4, 0.5) is 8.78 Å². The van der Waals surface area contributed by atoms with Gasteiger partial charge >= 0.3 is 0 Å². The number of halogens is 2. The number of hydrogen-bond acceptors (Lipinski definition) is 3. The molecule has 0 aliphatic carbocycles. The molecule has 1 aliphatic heterocycles. The Morgan fingerprint density at radius 2 is 1.90 bits per heavy atom. The van der Waals surface area contributed by atoms with Crippen molar-refractivity contribution in [3.8, 4) is 0 Å². The quantitative estimate of drug-likeness (QED) is 0.792. The maximum atomic E-state index is 13.4. The Morgan fingerprint density at radius 3 is 2.55 bits per heavy atom. The van der Waals surface area contributed by atoms with Gasteiger partial charge in [0.05, 0.1) is 0 Å². The third kappa shape index (κ3) is 3.98. The van der Waals surface area contributed by atoms with Crippen LogP contribution in [0, 0.1) is 11.6 Å². The smallest absolute Gasteiger partial charge is 0.257 e. The lowest BCUT2D eigenvalue weighted by atomic mass is 10.2. The first-order valence-corrected chi connectivity index (χ1v) is 6.84. The van der Waals surface area contributed by atoms with Crippen LogP contribution in [-0.4, -0.2) is 50.1 Å². The number of nitrogens with zero attached hydrogens (tertiary/aromatic N) is 1. The minimum Gasteiger partial charge on any atom is -0.352 e. The number of rotatable bonds is 5. The molecule has 1 amide bonds. The van der Waals surface area contributed by atoms with Gasteiger partial charge < -0.3 is 15.5 Å². The van der Waals surface area contributed by atoms with E-state index in [0.29, 0.717) is 6.54 Å². The van der Waals surface area contributed by atoms with Crippen LogP contribution in [0.2, 0.25) is 0 Å². The second-order valence-corrected chi connectivity index (χ2v) is 4.80. The lowest BCUT2D eigenvalue weighted by Gasteiger charge is -2.27. The summed E-state index contributed by atoms with van der Waals surface area (Å²) >= 11 is 0. The first kappa shape index (κ1) is 14.9. The first-order valence-electron chi connectivity index (χ1n) is 6.84. The van der Waals surface area contributed by atoms with Crippen LogP contribution < -0.4 is 10.6 Å². The Morgan fingerprint density at radius 1 is 1.25 bits per heavy atom. The summed E-state index contributed by atoms with van der Waals surface area (Å²) in [6.07, 6.45) is 0.766. The summed E-state index contributed by atoms with van der Waals surface area (Å²) in [5.41, 5.74) is -0.505. The van der Waals surface area contributed by atoms with Crippen LogP contribution in [0.5, 0.6) is 0 Å². The van der Waals surface area contributed by atoms with E-state index in [-0.39, 0.29) is 0 Å². The Hall–Kier alpha value is -1.53. The minimum atomic E-state index is -0.829. The minimum absolute atomic E-state index is 0.413. The number of carbonyl (C=O) groups excluding carboxylic acids is 1. The molecule has 1 aromatic rings. The van der Waals surface area contributed by atoms with E-state index in [1.807, 2.05) is 0 Å². The molecule has 0 unspecified atom stereocenters. The van der Waals surface area contributed by atoms with Gasteiger partial charge in [0.1, 0.15) is 17.2 Å². The van der Waals surface area contributed by atoms with Crippen molar-refractivity contribution in [3.05, 3.63) is 35.4 Å². The van der Waals surface area contributed by atoms with Gasteiger partial charge in [0.15, 0.2) is 0 Å². The summed E-state index contributed by atoms with van der Waals surface area (Å²) in [6, 6.07) is 3.41. The van der Waals surface area contributed by atoms with Crippen molar-refractivity contribution in [1.82, 2.24) is 15.5 Å². The van der Waals surface area contributed by atoms with Crippen LogP contribution >= 0.6 is 0 Å². The fourth-order valence-electron chi connectivity index (χ4n) is 2.24. The summed E-state index contributed by atoms with van der Waals surface area (Å²) in [5.74, 6) is -2.35. The van der Waals surface area contributed by atoms with Crippen LogP contribution in [0.25, 0.3) is 0 Å².